The molecule has 0 bridgehead atoms. The van der Waals surface area contributed by atoms with Gasteiger partial charge in [0.25, 0.3) is 0 Å². The molecule has 1 aromatic heterocycles. The van der Waals surface area contributed by atoms with Crippen LogP contribution in [0.5, 0.6) is 0 Å². The number of hydrogen-bond donors (Lipinski definition) is 1. The van der Waals surface area contributed by atoms with E-state index in [1.807, 2.05) is 36.4 Å². The van der Waals surface area contributed by atoms with Gasteiger partial charge in [0.2, 0.25) is 0 Å². The molecule has 1 heterocycles. The van der Waals surface area contributed by atoms with E-state index in [-0.39, 0.29) is 0 Å². The Labute approximate surface area is 190 Å². The van der Waals surface area contributed by atoms with Gasteiger partial charge in [0.15, 0.2) is 0 Å². The highest BCUT2D eigenvalue weighted by molar-refractivity contribution is 6.76. The second-order valence-electron chi connectivity index (χ2n) is 8.58. The van der Waals surface area contributed by atoms with Crippen molar-refractivity contribution in [3.8, 4) is 11.3 Å². The van der Waals surface area contributed by atoms with Crippen LogP contribution in [0.4, 0.5) is 0 Å². The van der Waals surface area contributed by atoms with Crippen molar-refractivity contribution < 1.29 is 4.74 Å². The minimum atomic E-state index is -1.11. The molecule has 160 valence electrons. The van der Waals surface area contributed by atoms with Gasteiger partial charge in [-0.2, -0.15) is 0 Å². The second kappa shape index (κ2) is 10.6. The average molecular weight is 462 g/mol. The summed E-state index contributed by atoms with van der Waals surface area (Å²) in [6.07, 6.45) is 2.07. The molecule has 0 fully saturated rings. The third-order valence-electron chi connectivity index (χ3n) is 4.75. The van der Waals surface area contributed by atoms with Gasteiger partial charge in [0, 0.05) is 33.0 Å². The van der Waals surface area contributed by atoms with Crippen molar-refractivity contribution in [3.63, 3.8) is 0 Å². The average Bonchev–Trinajstić information content (AvgIpc) is 3.11. The first-order valence-electron chi connectivity index (χ1n) is 10.2. The summed E-state index contributed by atoms with van der Waals surface area (Å²) in [5.74, 6) is 0.946. The molecular formula is C23H29Cl2N3OSi. The summed E-state index contributed by atoms with van der Waals surface area (Å²) in [7, 11) is -1.11. The van der Waals surface area contributed by atoms with Gasteiger partial charge in [-0.15, -0.1) is 0 Å². The van der Waals surface area contributed by atoms with Crippen LogP contribution in [0.25, 0.3) is 11.3 Å². The number of nitrogens with one attached hydrogen (secondary N) is 1. The number of ether oxygens (including phenoxy) is 1. The van der Waals surface area contributed by atoms with E-state index in [2.05, 4.69) is 47.9 Å². The van der Waals surface area contributed by atoms with Crippen LogP contribution in [0, 0.1) is 0 Å². The van der Waals surface area contributed by atoms with Crippen molar-refractivity contribution >= 4 is 31.3 Å². The summed E-state index contributed by atoms with van der Waals surface area (Å²) in [6.45, 7) is 9.68. The molecule has 0 radical (unpaired) electrons. The maximum atomic E-state index is 6.12. The zero-order valence-corrected chi connectivity index (χ0v) is 20.3. The maximum absolute atomic E-state index is 6.12. The first kappa shape index (κ1) is 23.0. The lowest BCUT2D eigenvalue weighted by molar-refractivity contribution is 0.0849. The Hall–Kier alpha value is -1.63. The van der Waals surface area contributed by atoms with E-state index in [1.165, 1.54) is 0 Å². The summed E-state index contributed by atoms with van der Waals surface area (Å²) < 4.78 is 8.07. The van der Waals surface area contributed by atoms with Gasteiger partial charge >= 0.3 is 0 Å². The number of imidazole rings is 1. The normalized spacial score (nSPS) is 11.8. The number of benzene rings is 2. The Balaban J connectivity index is 1.67. The van der Waals surface area contributed by atoms with Crippen molar-refractivity contribution in [2.45, 2.75) is 45.5 Å². The summed E-state index contributed by atoms with van der Waals surface area (Å²) >= 11 is 12.1. The molecule has 3 rings (SSSR count). The van der Waals surface area contributed by atoms with Gasteiger partial charge in [0.1, 0.15) is 12.6 Å². The number of rotatable bonds is 10. The predicted molar refractivity (Wildman–Crippen MR) is 129 cm³/mol. The van der Waals surface area contributed by atoms with Crippen LogP contribution in [-0.4, -0.2) is 24.2 Å². The van der Waals surface area contributed by atoms with Gasteiger partial charge in [-0.25, -0.2) is 4.98 Å². The highest BCUT2D eigenvalue weighted by Crippen LogP contribution is 2.23. The lowest BCUT2D eigenvalue weighted by Gasteiger charge is -2.16. The molecule has 0 aliphatic heterocycles. The Bertz CT molecular complexity index is 955. The molecule has 0 atom stereocenters. The molecule has 0 unspecified atom stereocenters. The zero-order chi connectivity index (χ0) is 21.6. The third kappa shape index (κ3) is 6.96. The van der Waals surface area contributed by atoms with Gasteiger partial charge in [-0.05, 0) is 23.7 Å². The van der Waals surface area contributed by atoms with E-state index in [1.54, 1.807) is 0 Å². The van der Waals surface area contributed by atoms with E-state index < -0.39 is 8.07 Å². The van der Waals surface area contributed by atoms with Crippen LogP contribution >= 0.6 is 23.2 Å². The number of hydrogen-bond acceptors (Lipinski definition) is 3. The molecule has 0 saturated heterocycles. The van der Waals surface area contributed by atoms with Crippen molar-refractivity contribution in [1.29, 1.82) is 0 Å². The van der Waals surface area contributed by atoms with E-state index in [0.717, 1.165) is 35.3 Å². The van der Waals surface area contributed by atoms with Gasteiger partial charge in [-0.1, -0.05) is 79.2 Å². The predicted octanol–water partition coefficient (Wildman–Crippen LogP) is 6.46. The quantitative estimate of drug-likeness (QED) is 0.278. The SMILES string of the molecule is C[Si](C)(C)CCOCn1cc(-c2ccccc2)nc1CNCc1ccc(Cl)c(Cl)c1. The molecule has 2 aromatic carbocycles. The first-order chi connectivity index (χ1) is 14.3. The molecule has 0 aliphatic rings. The maximum Gasteiger partial charge on any atom is 0.125 e. The van der Waals surface area contributed by atoms with Crippen LogP contribution in [0.1, 0.15) is 11.4 Å². The standard InChI is InChI=1S/C23H29Cl2N3OSi/c1-30(2,3)12-11-29-17-28-16-22(19-7-5-4-6-8-19)27-23(28)15-26-14-18-9-10-20(24)21(25)13-18/h4-10,13,16,26H,11-12,14-15,17H2,1-3H3. The first-order valence-corrected chi connectivity index (χ1v) is 14.6. The van der Waals surface area contributed by atoms with Crippen molar-refractivity contribution in [2.75, 3.05) is 6.61 Å². The summed E-state index contributed by atoms with van der Waals surface area (Å²) in [5.41, 5.74) is 3.14. The minimum absolute atomic E-state index is 0.508. The smallest absolute Gasteiger partial charge is 0.125 e. The molecule has 7 heteroatoms. The van der Waals surface area contributed by atoms with Gasteiger partial charge < -0.3 is 14.6 Å². The fourth-order valence-electron chi connectivity index (χ4n) is 2.96. The summed E-state index contributed by atoms with van der Waals surface area (Å²) in [6, 6.07) is 17.1. The molecule has 4 nitrogen and oxygen atoms in total. The van der Waals surface area contributed by atoms with Crippen LogP contribution in [0.3, 0.4) is 0 Å². The van der Waals surface area contributed by atoms with Crippen molar-refractivity contribution in [1.82, 2.24) is 14.9 Å². The Morgan fingerprint density at radius 2 is 1.77 bits per heavy atom. The van der Waals surface area contributed by atoms with Crippen molar-refractivity contribution in [3.05, 3.63) is 76.2 Å². The molecule has 0 aliphatic carbocycles. The summed E-state index contributed by atoms with van der Waals surface area (Å²) in [5, 5.41) is 4.59. The second-order valence-corrected chi connectivity index (χ2v) is 15.0. The van der Waals surface area contributed by atoms with E-state index >= 15 is 0 Å². The third-order valence-corrected chi connectivity index (χ3v) is 7.19. The molecule has 0 spiro atoms. The lowest BCUT2D eigenvalue weighted by Crippen LogP contribution is -2.22. The zero-order valence-electron chi connectivity index (χ0n) is 17.8. The summed E-state index contributed by atoms with van der Waals surface area (Å²) in [4.78, 5) is 4.85. The minimum Gasteiger partial charge on any atom is -0.361 e. The Morgan fingerprint density at radius 3 is 2.47 bits per heavy atom. The van der Waals surface area contributed by atoms with Gasteiger partial charge in [-0.3, -0.25) is 0 Å². The number of halogens is 2. The van der Waals surface area contributed by atoms with E-state index in [0.29, 0.717) is 29.9 Å². The fourth-order valence-corrected chi connectivity index (χ4v) is 4.04. The highest BCUT2D eigenvalue weighted by atomic mass is 35.5. The number of nitrogens with zero attached hydrogens (tertiary/aromatic N) is 2. The van der Waals surface area contributed by atoms with Crippen LogP contribution in [0.2, 0.25) is 35.7 Å². The fraction of sp³-hybridized carbons (Fsp3) is 0.348. The topological polar surface area (TPSA) is 39.1 Å². The number of aromatic nitrogens is 2. The molecular weight excluding hydrogens is 433 g/mol. The van der Waals surface area contributed by atoms with Crippen LogP contribution in [0.15, 0.2) is 54.7 Å². The van der Waals surface area contributed by atoms with Crippen LogP contribution < -0.4 is 5.32 Å². The Kier molecular flexibility index (Phi) is 8.14. The van der Waals surface area contributed by atoms with Crippen LogP contribution in [-0.2, 0) is 24.6 Å². The Morgan fingerprint density at radius 1 is 1.00 bits per heavy atom. The molecule has 0 saturated carbocycles. The molecule has 0 amide bonds. The van der Waals surface area contributed by atoms with E-state index in [4.69, 9.17) is 32.9 Å². The largest absolute Gasteiger partial charge is 0.361 e. The molecule has 30 heavy (non-hydrogen) atoms. The lowest BCUT2D eigenvalue weighted by atomic mass is 10.2. The van der Waals surface area contributed by atoms with E-state index in [9.17, 15) is 0 Å². The molecule has 1 N–H and O–H groups in total. The van der Waals surface area contributed by atoms with Gasteiger partial charge in [0.05, 0.1) is 22.3 Å². The monoisotopic (exact) mass is 461 g/mol. The highest BCUT2D eigenvalue weighted by Gasteiger charge is 2.13. The van der Waals surface area contributed by atoms with Crippen molar-refractivity contribution in [2.24, 2.45) is 0 Å². The molecule has 3 aromatic rings.